The van der Waals surface area contributed by atoms with Gasteiger partial charge in [0.2, 0.25) is 11.8 Å². The fraction of sp³-hybridized carbons (Fsp3) is 0.500. The maximum absolute atomic E-state index is 13.3. The van der Waals surface area contributed by atoms with Crippen LogP contribution < -0.4 is 4.90 Å². The highest BCUT2D eigenvalue weighted by atomic mass is 19.1. The summed E-state index contributed by atoms with van der Waals surface area (Å²) in [6.45, 7) is 7.05. The molecule has 1 aromatic carbocycles. The van der Waals surface area contributed by atoms with Crippen molar-refractivity contribution in [2.75, 3.05) is 11.4 Å². The molecule has 31 heavy (non-hydrogen) atoms. The number of rotatable bonds is 5. The van der Waals surface area contributed by atoms with E-state index in [0.717, 1.165) is 36.1 Å². The highest BCUT2D eigenvalue weighted by molar-refractivity contribution is 6.00. The zero-order chi connectivity index (χ0) is 22.1. The second-order valence-corrected chi connectivity index (χ2v) is 8.95. The Hall–Kier alpha value is -2.83. The zero-order valence-electron chi connectivity index (χ0n) is 18.4. The first-order valence-electron chi connectivity index (χ1n) is 11.0. The minimum atomic E-state index is -0.305. The van der Waals surface area contributed by atoms with E-state index in [9.17, 15) is 14.0 Å². The van der Waals surface area contributed by atoms with Gasteiger partial charge in [-0.25, -0.2) is 14.4 Å². The molecule has 7 heteroatoms. The number of aromatic nitrogens is 2. The molecule has 0 spiro atoms. The zero-order valence-corrected chi connectivity index (χ0v) is 18.4. The number of hydrogen-bond acceptors (Lipinski definition) is 4. The Morgan fingerprint density at radius 2 is 1.94 bits per heavy atom. The molecule has 0 unspecified atom stereocenters. The van der Waals surface area contributed by atoms with Gasteiger partial charge in [-0.2, -0.15) is 0 Å². The Balaban J connectivity index is 1.65. The van der Waals surface area contributed by atoms with Crippen LogP contribution in [0.5, 0.6) is 0 Å². The van der Waals surface area contributed by atoms with Gasteiger partial charge in [-0.3, -0.25) is 14.5 Å². The van der Waals surface area contributed by atoms with Crippen molar-refractivity contribution in [1.29, 1.82) is 0 Å². The summed E-state index contributed by atoms with van der Waals surface area (Å²) >= 11 is 0. The fourth-order valence-electron chi connectivity index (χ4n) is 4.45. The second-order valence-electron chi connectivity index (χ2n) is 8.95. The van der Waals surface area contributed by atoms with Crippen LogP contribution in [0.15, 0.2) is 24.3 Å². The molecule has 1 aromatic heterocycles. The summed E-state index contributed by atoms with van der Waals surface area (Å²) in [7, 11) is 0. The summed E-state index contributed by atoms with van der Waals surface area (Å²) in [6, 6.07) is 6.00. The lowest BCUT2D eigenvalue weighted by molar-refractivity contribution is -0.136. The maximum atomic E-state index is 13.3. The van der Waals surface area contributed by atoms with E-state index >= 15 is 0 Å². The molecule has 0 N–H and O–H groups in total. The second kappa shape index (κ2) is 8.73. The van der Waals surface area contributed by atoms with Gasteiger partial charge in [-0.1, -0.05) is 26.0 Å². The topological polar surface area (TPSA) is 66.4 Å². The van der Waals surface area contributed by atoms with E-state index in [1.165, 1.54) is 12.1 Å². The fourth-order valence-corrected chi connectivity index (χ4v) is 4.45. The van der Waals surface area contributed by atoms with E-state index in [4.69, 9.17) is 9.97 Å². The van der Waals surface area contributed by atoms with Crippen LogP contribution in [0.4, 0.5) is 10.2 Å². The van der Waals surface area contributed by atoms with Gasteiger partial charge in [-0.05, 0) is 49.8 Å². The predicted molar refractivity (Wildman–Crippen MR) is 116 cm³/mol. The van der Waals surface area contributed by atoms with Crippen molar-refractivity contribution in [1.82, 2.24) is 14.9 Å². The number of nitrogens with zero attached hydrogens (tertiary/aromatic N) is 4. The van der Waals surface area contributed by atoms with Crippen molar-refractivity contribution in [3.8, 4) is 0 Å². The van der Waals surface area contributed by atoms with E-state index in [1.807, 2.05) is 25.7 Å². The smallest absolute Gasteiger partial charge is 0.233 e. The number of piperidine rings is 1. The maximum Gasteiger partial charge on any atom is 0.233 e. The molecular formula is C24H29FN4O2. The monoisotopic (exact) mass is 424 g/mol. The van der Waals surface area contributed by atoms with E-state index in [-0.39, 0.29) is 30.1 Å². The Labute approximate surface area is 182 Å². The van der Waals surface area contributed by atoms with Gasteiger partial charge in [0, 0.05) is 24.2 Å². The molecule has 1 fully saturated rings. The minimum Gasteiger partial charge on any atom is -0.332 e. The van der Waals surface area contributed by atoms with Crippen molar-refractivity contribution >= 4 is 17.6 Å². The third kappa shape index (κ3) is 4.45. The first kappa shape index (κ1) is 21.4. The highest BCUT2D eigenvalue weighted by Crippen LogP contribution is 2.35. The van der Waals surface area contributed by atoms with Crippen LogP contribution in [0, 0.1) is 18.7 Å². The molecule has 2 aliphatic heterocycles. The van der Waals surface area contributed by atoms with E-state index in [1.54, 1.807) is 17.0 Å². The normalized spacial score (nSPS) is 18.6. The Kier molecular flexibility index (Phi) is 6.03. The van der Waals surface area contributed by atoms with Crippen molar-refractivity contribution in [2.45, 2.75) is 65.5 Å². The molecule has 2 aliphatic rings. The van der Waals surface area contributed by atoms with Crippen LogP contribution in [0.1, 0.15) is 68.2 Å². The minimum absolute atomic E-state index is 0.0368. The summed E-state index contributed by atoms with van der Waals surface area (Å²) in [4.78, 5) is 38.8. The molecule has 2 aromatic rings. The van der Waals surface area contributed by atoms with Crippen molar-refractivity contribution in [3.63, 3.8) is 0 Å². The number of amides is 2. The molecule has 0 aliphatic carbocycles. The lowest BCUT2D eigenvalue weighted by Gasteiger charge is -2.35. The molecule has 164 valence electrons. The number of anilines is 1. The van der Waals surface area contributed by atoms with Crippen LogP contribution in [0.25, 0.3) is 0 Å². The number of aryl methyl sites for hydroxylation is 1. The molecule has 0 radical (unpaired) electrons. The number of halogens is 1. The van der Waals surface area contributed by atoms with Crippen molar-refractivity contribution in [2.24, 2.45) is 5.92 Å². The Morgan fingerprint density at radius 3 is 2.65 bits per heavy atom. The highest BCUT2D eigenvalue weighted by Gasteiger charge is 2.35. The van der Waals surface area contributed by atoms with E-state index in [2.05, 4.69) is 0 Å². The quantitative estimate of drug-likeness (QED) is 0.724. The van der Waals surface area contributed by atoms with Gasteiger partial charge in [0.05, 0.1) is 19.0 Å². The van der Waals surface area contributed by atoms with Crippen LogP contribution in [0.2, 0.25) is 0 Å². The van der Waals surface area contributed by atoms with Gasteiger partial charge in [-0.15, -0.1) is 0 Å². The lowest BCUT2D eigenvalue weighted by atomic mass is 9.99. The molecule has 3 heterocycles. The average Bonchev–Trinajstić information content (AvgIpc) is 3.05. The SMILES string of the molecule is Cc1nc([C@H]2CCCCN2C(=O)CC(C)C)nc2c1CC(=O)N2Cc1ccc(F)cc1. The summed E-state index contributed by atoms with van der Waals surface area (Å²) in [6.07, 6.45) is 3.61. The molecule has 4 rings (SSSR count). The van der Waals surface area contributed by atoms with Crippen molar-refractivity contribution in [3.05, 3.63) is 52.7 Å². The number of likely N-dealkylation sites (tertiary alicyclic amines) is 1. The third-order valence-electron chi connectivity index (χ3n) is 6.05. The summed E-state index contributed by atoms with van der Waals surface area (Å²) in [5.74, 6) is 1.33. The Bertz CT molecular complexity index is 990. The average molecular weight is 425 g/mol. The van der Waals surface area contributed by atoms with Gasteiger partial charge in [0.1, 0.15) is 11.6 Å². The molecule has 0 saturated carbocycles. The molecular weight excluding hydrogens is 395 g/mol. The standard InChI is InChI=1S/C24H29FN4O2/c1-15(2)12-21(30)28-11-5-4-6-20(28)23-26-16(3)19-13-22(31)29(24(19)27-23)14-17-7-9-18(25)10-8-17/h7-10,15,20H,4-6,11-14H2,1-3H3/t20-/m1/s1. The third-order valence-corrected chi connectivity index (χ3v) is 6.05. The van der Waals surface area contributed by atoms with Crippen molar-refractivity contribution < 1.29 is 14.0 Å². The number of fused-ring (bicyclic) bond motifs is 1. The molecule has 0 bridgehead atoms. The number of hydrogen-bond donors (Lipinski definition) is 0. The summed E-state index contributed by atoms with van der Waals surface area (Å²) in [5.41, 5.74) is 2.47. The van der Waals surface area contributed by atoms with Gasteiger partial charge in [0.15, 0.2) is 5.82 Å². The Morgan fingerprint density at radius 1 is 1.19 bits per heavy atom. The number of carbonyl (C=O) groups is 2. The summed E-state index contributed by atoms with van der Waals surface area (Å²) < 4.78 is 13.3. The molecule has 2 amide bonds. The van der Waals surface area contributed by atoms with Gasteiger partial charge >= 0.3 is 0 Å². The van der Waals surface area contributed by atoms with Crippen LogP contribution in [-0.4, -0.2) is 33.2 Å². The van der Waals surface area contributed by atoms with Crippen LogP contribution in [-0.2, 0) is 22.6 Å². The first-order chi connectivity index (χ1) is 14.8. The summed E-state index contributed by atoms with van der Waals surface area (Å²) in [5, 5.41) is 0. The van der Waals surface area contributed by atoms with Crippen LogP contribution in [0.3, 0.4) is 0 Å². The molecule has 1 atom stereocenters. The molecule has 1 saturated heterocycles. The molecule has 6 nitrogen and oxygen atoms in total. The van der Waals surface area contributed by atoms with Gasteiger partial charge < -0.3 is 4.90 Å². The first-order valence-corrected chi connectivity index (χ1v) is 11.0. The van der Waals surface area contributed by atoms with Gasteiger partial charge in [0.25, 0.3) is 0 Å². The van der Waals surface area contributed by atoms with E-state index in [0.29, 0.717) is 37.1 Å². The number of benzene rings is 1. The predicted octanol–water partition coefficient (Wildman–Crippen LogP) is 4.11. The van der Waals surface area contributed by atoms with Crippen LogP contribution >= 0.6 is 0 Å². The largest absolute Gasteiger partial charge is 0.332 e. The number of carbonyl (C=O) groups excluding carboxylic acids is 2. The van der Waals surface area contributed by atoms with E-state index < -0.39 is 0 Å². The lowest BCUT2D eigenvalue weighted by Crippen LogP contribution is -2.40.